The standard InChI is InChI=1S/C8H13NO3/c10-7-3-8(11)9(4-7)6-1-2-12-5-6/h6-7,10H,1-5H2. The summed E-state index contributed by atoms with van der Waals surface area (Å²) in [7, 11) is 0. The quantitative estimate of drug-likeness (QED) is 0.571. The summed E-state index contributed by atoms with van der Waals surface area (Å²) < 4.78 is 5.18. The molecule has 2 unspecified atom stereocenters. The fraction of sp³-hybridized carbons (Fsp3) is 0.875. The third kappa shape index (κ3) is 1.32. The lowest BCUT2D eigenvalue weighted by atomic mass is 10.2. The van der Waals surface area contributed by atoms with Gasteiger partial charge in [-0.3, -0.25) is 4.79 Å². The summed E-state index contributed by atoms with van der Waals surface area (Å²) >= 11 is 0. The van der Waals surface area contributed by atoms with Gasteiger partial charge in [0, 0.05) is 13.2 Å². The molecule has 0 spiro atoms. The van der Waals surface area contributed by atoms with Crippen LogP contribution in [0.25, 0.3) is 0 Å². The van der Waals surface area contributed by atoms with E-state index in [1.54, 1.807) is 4.90 Å². The van der Waals surface area contributed by atoms with Gasteiger partial charge in [0.25, 0.3) is 0 Å². The molecule has 68 valence electrons. The molecule has 4 nitrogen and oxygen atoms in total. The molecule has 0 radical (unpaired) electrons. The number of β-amino-alcohol motifs (C(OH)–C–C–N with tert-alkyl or cyclic N) is 1. The number of hydrogen-bond donors (Lipinski definition) is 1. The highest BCUT2D eigenvalue weighted by Crippen LogP contribution is 2.19. The van der Waals surface area contributed by atoms with Crippen molar-refractivity contribution in [3.8, 4) is 0 Å². The van der Waals surface area contributed by atoms with Crippen LogP contribution < -0.4 is 0 Å². The van der Waals surface area contributed by atoms with Gasteiger partial charge < -0.3 is 14.7 Å². The summed E-state index contributed by atoms with van der Waals surface area (Å²) in [5.41, 5.74) is 0. The molecule has 2 aliphatic rings. The average Bonchev–Trinajstić information content (AvgIpc) is 2.58. The fourth-order valence-corrected chi connectivity index (χ4v) is 1.83. The number of aliphatic hydroxyl groups is 1. The first-order valence-corrected chi connectivity index (χ1v) is 4.32. The Morgan fingerprint density at radius 3 is 2.92 bits per heavy atom. The van der Waals surface area contributed by atoms with Crippen LogP contribution in [0.5, 0.6) is 0 Å². The van der Waals surface area contributed by atoms with E-state index < -0.39 is 6.10 Å². The molecule has 4 heteroatoms. The van der Waals surface area contributed by atoms with Crippen molar-refractivity contribution in [1.29, 1.82) is 0 Å². The Kier molecular flexibility index (Phi) is 2.02. The summed E-state index contributed by atoms with van der Waals surface area (Å²) in [5, 5.41) is 9.23. The molecule has 2 fully saturated rings. The van der Waals surface area contributed by atoms with Crippen molar-refractivity contribution in [1.82, 2.24) is 4.90 Å². The van der Waals surface area contributed by atoms with Gasteiger partial charge in [0.1, 0.15) is 0 Å². The van der Waals surface area contributed by atoms with Gasteiger partial charge in [0.15, 0.2) is 0 Å². The largest absolute Gasteiger partial charge is 0.391 e. The molecule has 2 heterocycles. The Bertz CT molecular complexity index is 189. The minimum absolute atomic E-state index is 0.0676. The van der Waals surface area contributed by atoms with E-state index in [9.17, 15) is 9.90 Å². The van der Waals surface area contributed by atoms with Crippen LogP contribution in [0, 0.1) is 0 Å². The van der Waals surface area contributed by atoms with E-state index in [-0.39, 0.29) is 18.4 Å². The lowest BCUT2D eigenvalue weighted by Crippen LogP contribution is -2.37. The first-order chi connectivity index (χ1) is 5.77. The van der Waals surface area contributed by atoms with Crippen molar-refractivity contribution >= 4 is 5.91 Å². The number of aliphatic hydroxyl groups excluding tert-OH is 1. The van der Waals surface area contributed by atoms with E-state index in [1.165, 1.54) is 0 Å². The van der Waals surface area contributed by atoms with Gasteiger partial charge in [0.05, 0.1) is 25.2 Å². The first-order valence-electron chi connectivity index (χ1n) is 4.32. The summed E-state index contributed by atoms with van der Waals surface area (Å²) in [5.74, 6) is 0.0676. The van der Waals surface area contributed by atoms with E-state index in [0.29, 0.717) is 13.2 Å². The molecule has 0 saturated carbocycles. The SMILES string of the molecule is O=C1CC(O)CN1C1CCOC1. The van der Waals surface area contributed by atoms with Crippen LogP contribution in [0.2, 0.25) is 0 Å². The van der Waals surface area contributed by atoms with Crippen LogP contribution in [-0.4, -0.2) is 47.8 Å². The smallest absolute Gasteiger partial charge is 0.225 e. The molecule has 1 N–H and O–H groups in total. The second-order valence-electron chi connectivity index (χ2n) is 3.42. The molecular weight excluding hydrogens is 158 g/mol. The number of hydrogen-bond acceptors (Lipinski definition) is 3. The Hall–Kier alpha value is -0.610. The minimum atomic E-state index is -0.460. The zero-order chi connectivity index (χ0) is 8.55. The van der Waals surface area contributed by atoms with Crippen LogP contribution >= 0.6 is 0 Å². The molecular formula is C8H13NO3. The predicted molar refractivity (Wildman–Crippen MR) is 41.6 cm³/mol. The van der Waals surface area contributed by atoms with Crippen LogP contribution in [0.3, 0.4) is 0 Å². The van der Waals surface area contributed by atoms with Crippen LogP contribution in [0.4, 0.5) is 0 Å². The van der Waals surface area contributed by atoms with Crippen LogP contribution in [0.1, 0.15) is 12.8 Å². The van der Waals surface area contributed by atoms with Crippen LogP contribution in [-0.2, 0) is 9.53 Å². The van der Waals surface area contributed by atoms with Gasteiger partial charge >= 0.3 is 0 Å². The number of amides is 1. The first kappa shape index (κ1) is 8.01. The molecule has 0 aliphatic carbocycles. The number of carbonyl (C=O) groups is 1. The second-order valence-corrected chi connectivity index (χ2v) is 3.42. The van der Waals surface area contributed by atoms with Crippen molar-refractivity contribution in [3.05, 3.63) is 0 Å². The van der Waals surface area contributed by atoms with Crippen molar-refractivity contribution < 1.29 is 14.6 Å². The van der Waals surface area contributed by atoms with Gasteiger partial charge in [-0.05, 0) is 6.42 Å². The maximum absolute atomic E-state index is 11.3. The minimum Gasteiger partial charge on any atom is -0.391 e. The van der Waals surface area contributed by atoms with E-state index in [4.69, 9.17) is 4.74 Å². The lowest BCUT2D eigenvalue weighted by Gasteiger charge is -2.21. The molecule has 2 saturated heterocycles. The fourth-order valence-electron chi connectivity index (χ4n) is 1.83. The molecule has 0 bridgehead atoms. The number of likely N-dealkylation sites (tertiary alicyclic amines) is 1. The van der Waals surface area contributed by atoms with Gasteiger partial charge in [-0.15, -0.1) is 0 Å². The van der Waals surface area contributed by atoms with E-state index in [2.05, 4.69) is 0 Å². The number of rotatable bonds is 1. The van der Waals surface area contributed by atoms with Gasteiger partial charge in [-0.1, -0.05) is 0 Å². The third-order valence-corrected chi connectivity index (χ3v) is 2.48. The molecule has 12 heavy (non-hydrogen) atoms. The van der Waals surface area contributed by atoms with Crippen molar-refractivity contribution in [2.45, 2.75) is 25.0 Å². The summed E-state index contributed by atoms with van der Waals surface area (Å²) in [4.78, 5) is 13.0. The van der Waals surface area contributed by atoms with Gasteiger partial charge in [-0.25, -0.2) is 0 Å². The predicted octanol–water partition coefficient (Wildman–Crippen LogP) is -0.631. The normalized spacial score (nSPS) is 36.4. The topological polar surface area (TPSA) is 49.8 Å². The number of nitrogens with zero attached hydrogens (tertiary/aromatic N) is 1. The molecule has 0 aromatic rings. The zero-order valence-corrected chi connectivity index (χ0v) is 6.90. The third-order valence-electron chi connectivity index (χ3n) is 2.48. The monoisotopic (exact) mass is 171 g/mol. The molecule has 2 rings (SSSR count). The molecule has 0 aromatic carbocycles. The van der Waals surface area contributed by atoms with Crippen LogP contribution in [0.15, 0.2) is 0 Å². The number of ether oxygens (including phenoxy) is 1. The molecule has 1 amide bonds. The highest BCUT2D eigenvalue weighted by molar-refractivity contribution is 5.79. The summed E-state index contributed by atoms with van der Waals surface area (Å²) in [6.45, 7) is 1.87. The van der Waals surface area contributed by atoms with Gasteiger partial charge in [0.2, 0.25) is 5.91 Å². The maximum Gasteiger partial charge on any atom is 0.225 e. The van der Waals surface area contributed by atoms with Crippen molar-refractivity contribution in [2.75, 3.05) is 19.8 Å². The summed E-state index contributed by atoms with van der Waals surface area (Å²) in [6.07, 6.45) is 0.743. The van der Waals surface area contributed by atoms with Crippen molar-refractivity contribution in [2.24, 2.45) is 0 Å². The Labute approximate surface area is 71.1 Å². The molecule has 2 aliphatic heterocycles. The maximum atomic E-state index is 11.3. The van der Waals surface area contributed by atoms with E-state index in [1.807, 2.05) is 0 Å². The highest BCUT2D eigenvalue weighted by Gasteiger charge is 2.34. The Morgan fingerprint density at radius 2 is 2.42 bits per heavy atom. The lowest BCUT2D eigenvalue weighted by molar-refractivity contribution is -0.129. The Morgan fingerprint density at radius 1 is 1.58 bits per heavy atom. The Balaban J connectivity index is 1.98. The van der Waals surface area contributed by atoms with E-state index >= 15 is 0 Å². The van der Waals surface area contributed by atoms with Gasteiger partial charge in [-0.2, -0.15) is 0 Å². The van der Waals surface area contributed by atoms with E-state index in [0.717, 1.165) is 13.0 Å². The second kappa shape index (κ2) is 3.03. The molecule has 2 atom stereocenters. The number of carbonyl (C=O) groups excluding carboxylic acids is 1. The van der Waals surface area contributed by atoms with Crippen molar-refractivity contribution in [3.63, 3.8) is 0 Å². The summed E-state index contributed by atoms with van der Waals surface area (Å²) in [6, 6.07) is 0.217. The molecule has 0 aromatic heterocycles. The highest BCUT2D eigenvalue weighted by atomic mass is 16.5. The average molecular weight is 171 g/mol. The zero-order valence-electron chi connectivity index (χ0n) is 6.90.